The van der Waals surface area contributed by atoms with Crippen molar-refractivity contribution in [2.45, 2.75) is 13.0 Å². The highest BCUT2D eigenvalue weighted by Gasteiger charge is 2.29. The van der Waals surface area contributed by atoms with Crippen molar-refractivity contribution in [3.8, 4) is 17.3 Å². The first kappa shape index (κ1) is 20.1. The van der Waals surface area contributed by atoms with Gasteiger partial charge in [0.15, 0.2) is 0 Å². The molecule has 0 unspecified atom stereocenters. The van der Waals surface area contributed by atoms with Gasteiger partial charge in [-0.15, -0.1) is 0 Å². The molecule has 3 aromatic carbocycles. The van der Waals surface area contributed by atoms with Crippen molar-refractivity contribution in [3.63, 3.8) is 0 Å². The maximum absolute atomic E-state index is 14.0. The van der Waals surface area contributed by atoms with E-state index >= 15 is 0 Å². The summed E-state index contributed by atoms with van der Waals surface area (Å²) in [5, 5.41) is 3.10. The van der Waals surface area contributed by atoms with Gasteiger partial charge >= 0.3 is 0 Å². The molecule has 0 aliphatic carbocycles. The summed E-state index contributed by atoms with van der Waals surface area (Å²) in [4.78, 5) is 26.2. The van der Waals surface area contributed by atoms with Crippen molar-refractivity contribution in [2.24, 2.45) is 0 Å². The SMILES string of the molecule is O=C(Cn1c2c(c(=O)n1-c1ccccc1)Cc1cc(Cl)ccc1O2)Nc1ccccc1F. The molecular formula is C24H17ClFN3O3. The van der Waals surface area contributed by atoms with Crippen molar-refractivity contribution < 1.29 is 13.9 Å². The van der Waals surface area contributed by atoms with E-state index < -0.39 is 11.7 Å². The minimum atomic E-state index is -0.544. The fourth-order valence-corrected chi connectivity index (χ4v) is 3.97. The summed E-state index contributed by atoms with van der Waals surface area (Å²) in [6.07, 6.45) is 0.318. The third-order valence-electron chi connectivity index (χ3n) is 5.22. The predicted molar refractivity (Wildman–Crippen MR) is 119 cm³/mol. The van der Waals surface area contributed by atoms with Gasteiger partial charge < -0.3 is 10.1 Å². The van der Waals surface area contributed by atoms with Gasteiger partial charge in [-0.3, -0.25) is 9.59 Å². The van der Waals surface area contributed by atoms with Crippen molar-refractivity contribution in [1.29, 1.82) is 0 Å². The first-order chi connectivity index (χ1) is 15.5. The van der Waals surface area contributed by atoms with Crippen LogP contribution in [0.4, 0.5) is 10.1 Å². The van der Waals surface area contributed by atoms with Crippen molar-refractivity contribution in [1.82, 2.24) is 9.36 Å². The van der Waals surface area contributed by atoms with Gasteiger partial charge in [0.05, 0.1) is 16.9 Å². The molecule has 6 nitrogen and oxygen atoms in total. The van der Waals surface area contributed by atoms with E-state index in [9.17, 15) is 14.0 Å². The highest BCUT2D eigenvalue weighted by molar-refractivity contribution is 6.30. The molecule has 5 rings (SSSR count). The molecule has 0 atom stereocenters. The van der Waals surface area contributed by atoms with Crippen LogP contribution < -0.4 is 15.6 Å². The Morgan fingerprint density at radius 2 is 1.81 bits per heavy atom. The summed E-state index contributed by atoms with van der Waals surface area (Å²) >= 11 is 6.11. The summed E-state index contributed by atoms with van der Waals surface area (Å²) in [6.45, 7) is -0.253. The number of para-hydroxylation sites is 2. The number of carbonyl (C=O) groups excluding carboxylic acids is 1. The smallest absolute Gasteiger partial charge is 0.278 e. The molecule has 32 heavy (non-hydrogen) atoms. The third kappa shape index (κ3) is 3.56. The molecular weight excluding hydrogens is 433 g/mol. The second-order valence-corrected chi connectivity index (χ2v) is 7.79. The monoisotopic (exact) mass is 449 g/mol. The number of rotatable bonds is 4. The zero-order valence-corrected chi connectivity index (χ0v) is 17.5. The van der Waals surface area contributed by atoms with Crippen molar-refractivity contribution >= 4 is 23.2 Å². The number of carbonyl (C=O) groups is 1. The van der Waals surface area contributed by atoms with Gasteiger partial charge in [0.2, 0.25) is 11.8 Å². The van der Waals surface area contributed by atoms with E-state index in [1.165, 1.54) is 27.6 Å². The van der Waals surface area contributed by atoms with E-state index in [1.54, 1.807) is 48.5 Å². The molecule has 0 saturated heterocycles. The summed E-state index contributed by atoms with van der Waals surface area (Å²) in [7, 11) is 0. The van der Waals surface area contributed by atoms with E-state index in [2.05, 4.69) is 5.32 Å². The molecule has 1 amide bonds. The predicted octanol–water partition coefficient (Wildman–Crippen LogP) is 4.77. The first-order valence-corrected chi connectivity index (χ1v) is 10.3. The Hall–Kier alpha value is -3.84. The second kappa shape index (κ2) is 8.01. The second-order valence-electron chi connectivity index (χ2n) is 7.35. The maximum atomic E-state index is 14.0. The Bertz CT molecular complexity index is 1400. The van der Waals surface area contributed by atoms with Crippen LogP contribution in [0.25, 0.3) is 5.69 Å². The molecule has 0 fully saturated rings. The number of ether oxygens (including phenoxy) is 1. The first-order valence-electron chi connectivity index (χ1n) is 9.92. The van der Waals surface area contributed by atoms with Gasteiger partial charge in [0.25, 0.3) is 5.56 Å². The summed E-state index contributed by atoms with van der Waals surface area (Å²) in [5.41, 5.74) is 1.55. The molecule has 0 bridgehead atoms. The summed E-state index contributed by atoms with van der Waals surface area (Å²) in [5.74, 6) is -0.200. The topological polar surface area (TPSA) is 65.3 Å². The lowest BCUT2D eigenvalue weighted by Crippen LogP contribution is -2.27. The van der Waals surface area contributed by atoms with Gasteiger partial charge in [-0.05, 0) is 42.5 Å². The number of benzene rings is 3. The zero-order valence-electron chi connectivity index (χ0n) is 16.7. The molecule has 1 aliphatic heterocycles. The molecule has 2 heterocycles. The van der Waals surface area contributed by atoms with Crippen LogP contribution in [0.2, 0.25) is 5.02 Å². The normalized spacial score (nSPS) is 11.9. The number of nitrogens with one attached hydrogen (secondary N) is 1. The van der Waals surface area contributed by atoms with Gasteiger partial charge in [0.1, 0.15) is 18.1 Å². The Morgan fingerprint density at radius 3 is 2.59 bits per heavy atom. The molecule has 1 N–H and O–H groups in total. The van der Waals surface area contributed by atoms with E-state index in [-0.39, 0.29) is 23.7 Å². The fraction of sp³-hybridized carbons (Fsp3) is 0.0833. The van der Waals surface area contributed by atoms with Gasteiger partial charge in [-0.2, -0.15) is 0 Å². The highest BCUT2D eigenvalue weighted by Crippen LogP contribution is 2.37. The van der Waals surface area contributed by atoms with Crippen LogP contribution in [0.5, 0.6) is 11.6 Å². The summed E-state index contributed by atoms with van der Waals surface area (Å²) in [6, 6.07) is 20.1. The molecule has 4 aromatic rings. The molecule has 1 aliphatic rings. The van der Waals surface area contributed by atoms with Crippen LogP contribution in [0.1, 0.15) is 11.1 Å². The van der Waals surface area contributed by atoms with E-state index in [1.807, 2.05) is 6.07 Å². The minimum Gasteiger partial charge on any atom is -0.439 e. The lowest BCUT2D eigenvalue weighted by molar-refractivity contribution is -0.117. The van der Waals surface area contributed by atoms with Crippen LogP contribution >= 0.6 is 11.6 Å². The average molecular weight is 450 g/mol. The van der Waals surface area contributed by atoms with Crippen LogP contribution in [0.15, 0.2) is 77.6 Å². The number of halogens is 2. The Morgan fingerprint density at radius 1 is 1.06 bits per heavy atom. The van der Waals surface area contributed by atoms with E-state index in [0.717, 1.165) is 5.56 Å². The minimum absolute atomic E-state index is 0.0630. The largest absolute Gasteiger partial charge is 0.439 e. The van der Waals surface area contributed by atoms with Crippen LogP contribution in [-0.4, -0.2) is 15.3 Å². The highest BCUT2D eigenvalue weighted by atomic mass is 35.5. The lowest BCUT2D eigenvalue weighted by Gasteiger charge is -2.19. The Labute approximate surface area is 187 Å². The number of amides is 1. The Kier molecular flexibility index (Phi) is 5.03. The third-order valence-corrected chi connectivity index (χ3v) is 5.46. The van der Waals surface area contributed by atoms with Crippen molar-refractivity contribution in [3.05, 3.63) is 105 Å². The Balaban J connectivity index is 1.58. The molecule has 8 heteroatoms. The van der Waals surface area contributed by atoms with Gasteiger partial charge in [0, 0.05) is 17.0 Å². The lowest BCUT2D eigenvalue weighted by atomic mass is 10.0. The number of anilines is 1. The number of hydrogen-bond donors (Lipinski definition) is 1. The number of fused-ring (bicyclic) bond motifs is 2. The van der Waals surface area contributed by atoms with Crippen LogP contribution in [0.3, 0.4) is 0 Å². The quantitative estimate of drug-likeness (QED) is 0.430. The molecule has 1 aromatic heterocycles. The molecule has 160 valence electrons. The molecule has 0 saturated carbocycles. The van der Waals surface area contributed by atoms with Crippen molar-refractivity contribution in [2.75, 3.05) is 5.32 Å². The summed E-state index contributed by atoms with van der Waals surface area (Å²) < 4.78 is 22.9. The number of aromatic nitrogens is 2. The fourth-order valence-electron chi connectivity index (χ4n) is 3.78. The van der Waals surface area contributed by atoms with Crippen LogP contribution in [0, 0.1) is 5.82 Å². The molecule has 0 spiro atoms. The maximum Gasteiger partial charge on any atom is 0.278 e. The van der Waals surface area contributed by atoms with Gasteiger partial charge in [-0.1, -0.05) is 41.9 Å². The number of hydrogen-bond acceptors (Lipinski definition) is 3. The van der Waals surface area contributed by atoms with E-state index in [4.69, 9.17) is 16.3 Å². The van der Waals surface area contributed by atoms with Gasteiger partial charge in [-0.25, -0.2) is 13.8 Å². The molecule has 0 radical (unpaired) electrons. The number of nitrogens with zero attached hydrogens (tertiary/aromatic N) is 2. The standard InChI is InChI=1S/C24H17ClFN3O3/c25-16-10-11-21-15(12-16)13-18-23(31)29(17-6-2-1-3-7-17)28(24(18)32-21)14-22(30)27-20-9-5-4-8-19(20)26/h1-12H,13-14H2,(H,27,30). The van der Waals surface area contributed by atoms with E-state index in [0.29, 0.717) is 28.4 Å². The van der Waals surface area contributed by atoms with Crippen LogP contribution in [-0.2, 0) is 17.8 Å². The zero-order chi connectivity index (χ0) is 22.2. The average Bonchev–Trinajstić information content (AvgIpc) is 3.05.